The van der Waals surface area contributed by atoms with Gasteiger partial charge in [0.25, 0.3) is 7.55 Å². The molecule has 9 heavy (non-hydrogen) atoms. The van der Waals surface area contributed by atoms with Crippen LogP contribution in [0.4, 0.5) is 0 Å². The maximum atomic E-state index is 5.97. The van der Waals surface area contributed by atoms with Gasteiger partial charge in [0.15, 0.2) is 0 Å². The van der Waals surface area contributed by atoms with Crippen molar-refractivity contribution < 1.29 is 0 Å². The molecule has 0 unspecified atom stereocenters. The van der Waals surface area contributed by atoms with Gasteiger partial charge in [-0.05, 0) is 13.1 Å². The quantitative estimate of drug-likeness (QED) is 0.266. The molecule has 0 aliphatic carbocycles. The first-order valence-corrected chi connectivity index (χ1v) is 6.67. The highest BCUT2D eigenvalue weighted by atomic mass is 35.6. The smallest absolute Gasteiger partial charge is 0.269 e. The van der Waals surface area contributed by atoms with E-state index in [1.807, 2.05) is 20.1 Å². The molecule has 0 atom stereocenters. The highest BCUT2D eigenvalue weighted by Gasteiger charge is 2.22. The van der Waals surface area contributed by atoms with Crippen molar-refractivity contribution in [1.82, 2.24) is 4.67 Å². The molecule has 0 heterocycles. The van der Waals surface area contributed by atoms with Crippen LogP contribution in [-0.4, -0.2) is 26.3 Å². The number of hydrogen-bond acceptors (Lipinski definition) is 2. The summed E-state index contributed by atoms with van der Waals surface area (Å²) in [6.07, 6.45) is 0. The first-order valence-electron chi connectivity index (χ1n) is 2.71. The average molecular weight is 166 g/mol. The van der Waals surface area contributed by atoms with E-state index in [9.17, 15) is 0 Å². The van der Waals surface area contributed by atoms with E-state index < -0.39 is 7.55 Å². The van der Waals surface area contributed by atoms with Gasteiger partial charge in [-0.3, -0.25) is 4.67 Å². The fourth-order valence-corrected chi connectivity index (χ4v) is 0.644. The summed E-state index contributed by atoms with van der Waals surface area (Å²) >= 11 is 5.97. The summed E-state index contributed by atoms with van der Waals surface area (Å²) in [6, 6.07) is 0. The zero-order valence-electron chi connectivity index (χ0n) is 6.22. The van der Waals surface area contributed by atoms with Crippen molar-refractivity contribution in [3.8, 4) is 0 Å². The molecule has 0 bridgehead atoms. The van der Waals surface area contributed by atoms with E-state index in [0.29, 0.717) is 0 Å². The number of hydrogen-bond donors (Lipinski definition) is 0. The maximum absolute atomic E-state index is 5.97. The van der Waals surface area contributed by atoms with Gasteiger partial charge in [-0.1, -0.05) is 5.22 Å². The minimum Gasteiger partial charge on any atom is -0.294 e. The second-order valence-corrected chi connectivity index (χ2v) is 8.46. The van der Waals surface area contributed by atoms with Crippen molar-refractivity contribution in [1.29, 1.82) is 0 Å². The van der Waals surface area contributed by atoms with Crippen molar-refractivity contribution >= 4 is 18.6 Å². The predicted octanol–water partition coefficient (Wildman–Crippen LogP) is 1.86. The summed E-state index contributed by atoms with van der Waals surface area (Å²) in [5, 5.41) is 7.39. The van der Waals surface area contributed by atoms with E-state index in [-0.39, 0.29) is 0 Å². The Kier molecular flexibility index (Phi) is 3.14. The largest absolute Gasteiger partial charge is 0.294 e. The molecule has 0 aromatic carbocycles. The molecule has 0 aliphatic rings. The van der Waals surface area contributed by atoms with Gasteiger partial charge in [-0.2, -0.15) is 5.11 Å². The monoisotopic (exact) mass is 165 g/mol. The summed E-state index contributed by atoms with van der Waals surface area (Å²) in [5.41, 5.74) is 0. The van der Waals surface area contributed by atoms with Crippen LogP contribution in [0, 0.1) is 0 Å². The second-order valence-electron chi connectivity index (χ2n) is 2.22. The molecule has 0 N–H and O–H groups in total. The third kappa shape index (κ3) is 3.48. The van der Waals surface area contributed by atoms with Crippen LogP contribution in [0.2, 0.25) is 13.1 Å². The molecule has 0 aliphatic heterocycles. The molecule has 0 rings (SSSR count). The van der Waals surface area contributed by atoms with E-state index >= 15 is 0 Å². The molecule has 0 amide bonds. The van der Waals surface area contributed by atoms with Gasteiger partial charge >= 0.3 is 0 Å². The summed E-state index contributed by atoms with van der Waals surface area (Å²) in [7, 11) is 1.74. The number of nitrogens with zero attached hydrogens (tertiary/aromatic N) is 3. The van der Waals surface area contributed by atoms with Crippen LogP contribution in [-0.2, 0) is 0 Å². The van der Waals surface area contributed by atoms with E-state index in [1.165, 1.54) is 0 Å². The van der Waals surface area contributed by atoms with Gasteiger partial charge in [0.05, 0.1) is 7.05 Å². The molecule has 0 spiro atoms. The van der Waals surface area contributed by atoms with E-state index in [4.69, 9.17) is 11.1 Å². The Morgan fingerprint density at radius 1 is 1.44 bits per heavy atom. The van der Waals surface area contributed by atoms with Crippen molar-refractivity contribution in [3.05, 3.63) is 0 Å². The molecule has 0 saturated heterocycles. The van der Waals surface area contributed by atoms with Crippen LogP contribution in [0.1, 0.15) is 0 Å². The van der Waals surface area contributed by atoms with E-state index in [2.05, 4.69) is 10.3 Å². The van der Waals surface area contributed by atoms with Crippen LogP contribution in [0.15, 0.2) is 10.3 Å². The Morgan fingerprint density at radius 2 is 1.89 bits per heavy atom. The van der Waals surface area contributed by atoms with E-state index in [0.717, 1.165) is 0 Å². The Bertz CT molecular complexity index is 109. The fourth-order valence-electron chi connectivity index (χ4n) is 0.241. The summed E-state index contributed by atoms with van der Waals surface area (Å²) in [6.45, 7) is 3.98. The summed E-state index contributed by atoms with van der Waals surface area (Å²) < 4.78 is 1.73. The minimum atomic E-state index is -1.74. The SMILES string of the molecule is CN=NN(C)[Si](C)(C)Cl. The zero-order valence-corrected chi connectivity index (χ0v) is 7.98. The summed E-state index contributed by atoms with van der Waals surface area (Å²) in [4.78, 5) is 0. The molecule has 0 aromatic rings. The molecule has 5 heteroatoms. The topological polar surface area (TPSA) is 28.0 Å². The van der Waals surface area contributed by atoms with Crippen LogP contribution < -0.4 is 0 Å². The van der Waals surface area contributed by atoms with Crippen molar-refractivity contribution in [2.45, 2.75) is 13.1 Å². The Hall–Kier alpha value is -0.0931. The van der Waals surface area contributed by atoms with Gasteiger partial charge in [-0.15, -0.1) is 11.1 Å². The third-order valence-electron chi connectivity index (χ3n) is 0.993. The maximum Gasteiger partial charge on any atom is 0.269 e. The molecule has 0 saturated carbocycles. The molecule has 0 radical (unpaired) electrons. The third-order valence-corrected chi connectivity index (χ3v) is 3.36. The molecular weight excluding hydrogens is 154 g/mol. The lowest BCUT2D eigenvalue weighted by Crippen LogP contribution is -2.36. The predicted molar refractivity (Wildman–Crippen MR) is 41.9 cm³/mol. The molecule has 0 aromatic heterocycles. The highest BCUT2D eigenvalue weighted by Crippen LogP contribution is 2.11. The van der Waals surface area contributed by atoms with Gasteiger partial charge in [0, 0.05) is 7.05 Å². The average Bonchev–Trinajstić information content (AvgIpc) is 1.64. The van der Waals surface area contributed by atoms with Crippen LogP contribution in [0.5, 0.6) is 0 Å². The second kappa shape index (κ2) is 3.17. The van der Waals surface area contributed by atoms with Gasteiger partial charge < -0.3 is 0 Å². The van der Waals surface area contributed by atoms with Crippen molar-refractivity contribution in [2.75, 3.05) is 14.1 Å². The Balaban J connectivity index is 3.88. The highest BCUT2D eigenvalue weighted by molar-refractivity contribution is 7.17. The van der Waals surface area contributed by atoms with E-state index in [1.54, 1.807) is 11.7 Å². The molecule has 54 valence electrons. The zero-order chi connectivity index (χ0) is 7.49. The van der Waals surface area contributed by atoms with Crippen molar-refractivity contribution in [2.24, 2.45) is 10.3 Å². The summed E-state index contributed by atoms with van der Waals surface area (Å²) in [5.74, 6) is 0. The first kappa shape index (κ1) is 8.91. The van der Waals surface area contributed by atoms with Crippen molar-refractivity contribution in [3.63, 3.8) is 0 Å². The standard InChI is InChI=1S/C4H12ClN3Si/c1-6-7-8(2)9(3,4)5/h1-4H3. The van der Waals surface area contributed by atoms with Gasteiger partial charge in [-0.25, -0.2) is 0 Å². The Morgan fingerprint density at radius 3 is 2.00 bits per heavy atom. The van der Waals surface area contributed by atoms with Gasteiger partial charge in [0.2, 0.25) is 0 Å². The molecule has 3 nitrogen and oxygen atoms in total. The number of rotatable bonds is 2. The Labute approximate surface area is 61.5 Å². The lowest BCUT2D eigenvalue weighted by molar-refractivity contribution is 0.515. The minimum absolute atomic E-state index is 1.63. The fraction of sp³-hybridized carbons (Fsp3) is 1.00. The van der Waals surface area contributed by atoms with Crippen LogP contribution in [0.25, 0.3) is 0 Å². The number of halogens is 1. The van der Waals surface area contributed by atoms with Gasteiger partial charge in [0.1, 0.15) is 0 Å². The van der Waals surface area contributed by atoms with Crippen LogP contribution >= 0.6 is 11.1 Å². The lowest BCUT2D eigenvalue weighted by atomic mass is 11.5. The van der Waals surface area contributed by atoms with Crippen LogP contribution in [0.3, 0.4) is 0 Å². The first-order chi connectivity index (χ1) is 3.98. The normalized spacial score (nSPS) is 12.6. The lowest BCUT2D eigenvalue weighted by Gasteiger charge is -2.21. The molecule has 0 fully saturated rings. The molecular formula is C4H12ClN3Si.